The Balaban J connectivity index is 1.62. The third kappa shape index (κ3) is 3.78. The molecule has 0 aromatic carbocycles. The molecule has 27 heavy (non-hydrogen) atoms. The molecule has 7 heteroatoms. The van der Waals surface area contributed by atoms with Crippen LogP contribution in [0.25, 0.3) is 0 Å². The maximum absolute atomic E-state index is 6.11. The second kappa shape index (κ2) is 7.84. The summed E-state index contributed by atoms with van der Waals surface area (Å²) in [7, 11) is 3.90. The molecule has 2 aromatic rings. The number of nitrogens with two attached hydrogens (primary N) is 1. The predicted octanol–water partition coefficient (Wildman–Crippen LogP) is 3.65. The third-order valence-corrected chi connectivity index (χ3v) is 6.27. The minimum absolute atomic E-state index is 0.334. The lowest BCUT2D eigenvalue weighted by molar-refractivity contribution is 0.395. The van der Waals surface area contributed by atoms with Crippen molar-refractivity contribution >= 4 is 17.6 Å². The van der Waals surface area contributed by atoms with Gasteiger partial charge in [0, 0.05) is 49.6 Å². The predicted molar refractivity (Wildman–Crippen MR) is 109 cm³/mol. The monoisotopic (exact) mass is 369 g/mol. The second-order valence-electron chi connectivity index (χ2n) is 8.06. The van der Waals surface area contributed by atoms with Crippen LogP contribution in [0.2, 0.25) is 0 Å². The lowest BCUT2D eigenvalue weighted by Gasteiger charge is -2.29. The Hall–Kier alpha value is -2.15. The first kappa shape index (κ1) is 18.2. The molecule has 2 aliphatic carbocycles. The van der Waals surface area contributed by atoms with Crippen LogP contribution < -0.4 is 16.0 Å². The van der Waals surface area contributed by atoms with Gasteiger partial charge in [-0.15, -0.1) is 0 Å². The number of aromatic amines is 1. The van der Waals surface area contributed by atoms with Crippen molar-refractivity contribution in [2.45, 2.75) is 69.2 Å². The quantitative estimate of drug-likeness (QED) is 0.744. The van der Waals surface area contributed by atoms with Crippen LogP contribution in [0.15, 0.2) is 12.3 Å². The zero-order valence-electron chi connectivity index (χ0n) is 16.4. The van der Waals surface area contributed by atoms with Crippen molar-refractivity contribution in [2.75, 3.05) is 24.3 Å². The molecule has 146 valence electrons. The number of anilines is 3. The third-order valence-electron chi connectivity index (χ3n) is 6.27. The van der Waals surface area contributed by atoms with Crippen LogP contribution in [0, 0.1) is 0 Å². The van der Waals surface area contributed by atoms with E-state index in [0.717, 1.165) is 37.3 Å². The van der Waals surface area contributed by atoms with Crippen molar-refractivity contribution in [3.8, 4) is 0 Å². The van der Waals surface area contributed by atoms with Crippen LogP contribution in [0.5, 0.6) is 0 Å². The van der Waals surface area contributed by atoms with Gasteiger partial charge in [0.15, 0.2) is 5.82 Å². The van der Waals surface area contributed by atoms with Gasteiger partial charge in [0.1, 0.15) is 5.82 Å². The molecule has 7 nitrogen and oxygen atoms in total. The van der Waals surface area contributed by atoms with Gasteiger partial charge in [-0.2, -0.15) is 10.1 Å². The first-order valence-electron chi connectivity index (χ1n) is 10.2. The van der Waals surface area contributed by atoms with Gasteiger partial charge in [0.05, 0.1) is 0 Å². The molecule has 2 aromatic heterocycles. The number of aromatic nitrogens is 4. The molecule has 2 saturated carbocycles. The Kier molecular flexibility index (Phi) is 5.29. The molecule has 0 radical (unpaired) electrons. The van der Waals surface area contributed by atoms with Gasteiger partial charge in [-0.3, -0.25) is 5.10 Å². The van der Waals surface area contributed by atoms with Crippen molar-refractivity contribution in [1.29, 1.82) is 0 Å². The summed E-state index contributed by atoms with van der Waals surface area (Å²) in [5.74, 6) is 3.59. The Morgan fingerprint density at radius 1 is 1.11 bits per heavy atom. The van der Waals surface area contributed by atoms with Crippen molar-refractivity contribution in [1.82, 2.24) is 20.2 Å². The molecule has 4 rings (SSSR count). The summed E-state index contributed by atoms with van der Waals surface area (Å²) in [5, 5.41) is 10.9. The number of rotatable bonds is 5. The molecule has 0 amide bonds. The van der Waals surface area contributed by atoms with E-state index in [1.54, 1.807) is 0 Å². The molecule has 2 fully saturated rings. The normalized spacial score (nSPS) is 23.5. The van der Waals surface area contributed by atoms with Gasteiger partial charge in [0.2, 0.25) is 5.95 Å². The first-order chi connectivity index (χ1) is 13.2. The number of hydrogen-bond donors (Lipinski definition) is 3. The van der Waals surface area contributed by atoms with Gasteiger partial charge in [0.25, 0.3) is 0 Å². The van der Waals surface area contributed by atoms with Crippen LogP contribution in [0.1, 0.15) is 74.5 Å². The molecule has 0 unspecified atom stereocenters. The summed E-state index contributed by atoms with van der Waals surface area (Å²) in [6.45, 7) is 0. The molecular weight excluding hydrogens is 338 g/mol. The van der Waals surface area contributed by atoms with Crippen molar-refractivity contribution in [3.05, 3.63) is 23.5 Å². The van der Waals surface area contributed by atoms with Crippen molar-refractivity contribution in [3.63, 3.8) is 0 Å². The topological polar surface area (TPSA) is 95.8 Å². The van der Waals surface area contributed by atoms with Crippen LogP contribution >= 0.6 is 0 Å². The molecule has 4 N–H and O–H groups in total. The highest BCUT2D eigenvalue weighted by Crippen LogP contribution is 2.39. The minimum atomic E-state index is 0.334. The van der Waals surface area contributed by atoms with E-state index in [1.807, 2.05) is 13.2 Å². The number of hydrogen-bond acceptors (Lipinski definition) is 6. The van der Waals surface area contributed by atoms with Gasteiger partial charge < -0.3 is 16.0 Å². The number of nitrogens with one attached hydrogen (secondary N) is 2. The number of nitrogens with zero attached hydrogens (tertiary/aromatic N) is 4. The van der Waals surface area contributed by atoms with Crippen LogP contribution in [-0.4, -0.2) is 40.3 Å². The Bertz CT molecular complexity index is 757. The van der Waals surface area contributed by atoms with Crippen LogP contribution in [0.4, 0.5) is 17.6 Å². The lowest BCUT2D eigenvalue weighted by atomic mass is 9.82. The van der Waals surface area contributed by atoms with E-state index in [4.69, 9.17) is 10.7 Å². The van der Waals surface area contributed by atoms with Gasteiger partial charge in [-0.25, -0.2) is 4.98 Å². The molecule has 2 heterocycles. The van der Waals surface area contributed by atoms with Gasteiger partial charge >= 0.3 is 0 Å². The van der Waals surface area contributed by atoms with Crippen LogP contribution in [-0.2, 0) is 0 Å². The van der Waals surface area contributed by atoms with E-state index < -0.39 is 0 Å². The first-order valence-corrected chi connectivity index (χ1v) is 10.2. The highest BCUT2D eigenvalue weighted by atomic mass is 15.3. The largest absolute Gasteiger partial charge is 0.357 e. The molecule has 0 bridgehead atoms. The highest BCUT2D eigenvalue weighted by molar-refractivity contribution is 5.61. The molecule has 0 saturated heterocycles. The Morgan fingerprint density at radius 3 is 2.56 bits per heavy atom. The van der Waals surface area contributed by atoms with E-state index in [-0.39, 0.29) is 0 Å². The average Bonchev–Trinajstić information content (AvgIpc) is 3.39. The fourth-order valence-corrected chi connectivity index (χ4v) is 4.54. The summed E-state index contributed by atoms with van der Waals surface area (Å²) in [6, 6.07) is 2.53. The molecule has 0 atom stereocenters. The summed E-state index contributed by atoms with van der Waals surface area (Å²) in [5.41, 5.74) is 8.56. The van der Waals surface area contributed by atoms with Gasteiger partial charge in [-0.1, -0.05) is 12.8 Å². The summed E-state index contributed by atoms with van der Waals surface area (Å²) >= 11 is 0. The van der Waals surface area contributed by atoms with Gasteiger partial charge in [-0.05, 0) is 44.4 Å². The SMILES string of the molecule is CNc1ncc(C2CCC(N)CC2)c(N(C)c2cc(C3CCCC3)[nH]n2)n1. The van der Waals surface area contributed by atoms with Crippen molar-refractivity contribution in [2.24, 2.45) is 5.73 Å². The maximum atomic E-state index is 6.11. The van der Waals surface area contributed by atoms with E-state index in [0.29, 0.717) is 23.8 Å². The average molecular weight is 370 g/mol. The van der Waals surface area contributed by atoms with Crippen LogP contribution in [0.3, 0.4) is 0 Å². The zero-order chi connectivity index (χ0) is 18.8. The van der Waals surface area contributed by atoms with E-state index in [2.05, 4.69) is 38.5 Å². The molecule has 2 aliphatic rings. The maximum Gasteiger partial charge on any atom is 0.224 e. The number of H-pyrrole nitrogens is 1. The lowest BCUT2D eigenvalue weighted by Crippen LogP contribution is -2.27. The minimum Gasteiger partial charge on any atom is -0.357 e. The summed E-state index contributed by atoms with van der Waals surface area (Å²) in [6.07, 6.45) is 11.5. The van der Waals surface area contributed by atoms with Crippen molar-refractivity contribution < 1.29 is 0 Å². The van der Waals surface area contributed by atoms with E-state index in [9.17, 15) is 0 Å². The standard InChI is InChI=1S/C20H31N7/c1-22-20-23-12-16(13-7-9-15(21)10-8-13)19(24-20)27(2)18-11-17(25-26-18)14-5-3-4-6-14/h11-15H,3-10,21H2,1-2H3,(H,25,26)(H,22,23,24). The van der Waals surface area contributed by atoms with E-state index in [1.165, 1.54) is 36.9 Å². The Morgan fingerprint density at radius 2 is 1.85 bits per heavy atom. The van der Waals surface area contributed by atoms with E-state index >= 15 is 0 Å². The molecular formula is C20H31N7. The molecule has 0 spiro atoms. The highest BCUT2D eigenvalue weighted by Gasteiger charge is 2.26. The zero-order valence-corrected chi connectivity index (χ0v) is 16.4. The molecule has 0 aliphatic heterocycles. The Labute approximate surface area is 161 Å². The summed E-state index contributed by atoms with van der Waals surface area (Å²) < 4.78 is 0. The fraction of sp³-hybridized carbons (Fsp3) is 0.650. The fourth-order valence-electron chi connectivity index (χ4n) is 4.54. The summed E-state index contributed by atoms with van der Waals surface area (Å²) in [4.78, 5) is 11.4. The smallest absolute Gasteiger partial charge is 0.224 e. The second-order valence-corrected chi connectivity index (χ2v) is 8.06.